The highest BCUT2D eigenvalue weighted by atomic mass is 32.1. The maximum absolute atomic E-state index is 13.3. The van der Waals surface area contributed by atoms with Crippen LogP contribution in [0.4, 0.5) is 9.93 Å². The summed E-state index contributed by atoms with van der Waals surface area (Å²) in [6.45, 7) is 8.53. The molecule has 0 radical (unpaired) electrons. The second kappa shape index (κ2) is 9.42. The van der Waals surface area contributed by atoms with E-state index in [0.717, 1.165) is 31.5 Å². The SMILES string of the molecule is CCN(C(=O)NCC(C)(C)CN(C)C)C(=O)[C@@H]1C[C@@H]2Cc3nc(N)sc3C[C@H]2N(C)C1. The van der Waals surface area contributed by atoms with Crippen molar-refractivity contribution < 1.29 is 9.59 Å². The van der Waals surface area contributed by atoms with Crippen LogP contribution in [0.3, 0.4) is 0 Å². The van der Waals surface area contributed by atoms with Crippen LogP contribution in [0.5, 0.6) is 0 Å². The van der Waals surface area contributed by atoms with Crippen LogP contribution in [0, 0.1) is 17.3 Å². The summed E-state index contributed by atoms with van der Waals surface area (Å²) in [5, 5.41) is 3.62. The number of urea groups is 1. The zero-order chi connectivity index (χ0) is 22.9. The fourth-order valence-corrected chi connectivity index (χ4v) is 6.17. The van der Waals surface area contributed by atoms with Gasteiger partial charge < -0.3 is 20.9 Å². The first-order valence-corrected chi connectivity index (χ1v) is 12.0. The van der Waals surface area contributed by atoms with Gasteiger partial charge in [-0.05, 0) is 58.7 Å². The van der Waals surface area contributed by atoms with E-state index in [2.05, 4.69) is 41.0 Å². The molecule has 3 atom stereocenters. The van der Waals surface area contributed by atoms with Crippen LogP contribution in [-0.2, 0) is 17.6 Å². The lowest BCUT2D eigenvalue weighted by Gasteiger charge is -2.45. The second-order valence-electron chi connectivity index (χ2n) is 10.2. The zero-order valence-corrected chi connectivity index (χ0v) is 20.6. The van der Waals surface area contributed by atoms with Crippen molar-refractivity contribution in [3.63, 3.8) is 0 Å². The van der Waals surface area contributed by atoms with E-state index >= 15 is 0 Å². The van der Waals surface area contributed by atoms with Crippen molar-refractivity contribution in [2.45, 2.75) is 46.1 Å². The average Bonchev–Trinajstić information content (AvgIpc) is 3.03. The van der Waals surface area contributed by atoms with Crippen LogP contribution < -0.4 is 11.1 Å². The van der Waals surface area contributed by atoms with Gasteiger partial charge in [0.15, 0.2) is 5.13 Å². The minimum absolute atomic E-state index is 0.0701. The van der Waals surface area contributed by atoms with Crippen molar-refractivity contribution in [1.82, 2.24) is 25.0 Å². The summed E-state index contributed by atoms with van der Waals surface area (Å²) in [4.78, 5) is 37.8. The molecule has 1 fully saturated rings. The number of hydrogen-bond donors (Lipinski definition) is 2. The van der Waals surface area contributed by atoms with Crippen LogP contribution in [0.1, 0.15) is 37.8 Å². The fraction of sp³-hybridized carbons (Fsp3) is 0.773. The fourth-order valence-electron chi connectivity index (χ4n) is 5.26. The molecule has 0 spiro atoms. The highest BCUT2D eigenvalue weighted by molar-refractivity contribution is 7.15. The van der Waals surface area contributed by atoms with Gasteiger partial charge >= 0.3 is 6.03 Å². The van der Waals surface area contributed by atoms with Gasteiger partial charge in [-0.1, -0.05) is 13.8 Å². The predicted molar refractivity (Wildman–Crippen MR) is 125 cm³/mol. The van der Waals surface area contributed by atoms with Gasteiger partial charge in [0.2, 0.25) is 5.91 Å². The Balaban J connectivity index is 1.63. The number of anilines is 1. The number of imide groups is 1. The molecule has 0 saturated carbocycles. The summed E-state index contributed by atoms with van der Waals surface area (Å²) in [6, 6.07) is 0.120. The van der Waals surface area contributed by atoms with E-state index in [1.54, 1.807) is 11.3 Å². The minimum Gasteiger partial charge on any atom is -0.375 e. The van der Waals surface area contributed by atoms with Crippen LogP contribution in [0.2, 0.25) is 0 Å². The van der Waals surface area contributed by atoms with Gasteiger partial charge in [0.25, 0.3) is 0 Å². The van der Waals surface area contributed by atoms with Crippen LogP contribution >= 0.6 is 11.3 Å². The maximum atomic E-state index is 13.3. The molecule has 1 saturated heterocycles. The maximum Gasteiger partial charge on any atom is 0.324 e. The Kier molecular flexibility index (Phi) is 7.28. The molecule has 0 aromatic carbocycles. The normalized spacial score (nSPS) is 23.9. The van der Waals surface area contributed by atoms with Gasteiger partial charge in [-0.15, -0.1) is 11.3 Å². The summed E-state index contributed by atoms with van der Waals surface area (Å²) < 4.78 is 0. The van der Waals surface area contributed by atoms with Gasteiger partial charge in [-0.25, -0.2) is 9.78 Å². The predicted octanol–water partition coefficient (Wildman–Crippen LogP) is 1.91. The third kappa shape index (κ3) is 5.56. The van der Waals surface area contributed by atoms with Crippen molar-refractivity contribution in [3.05, 3.63) is 10.6 Å². The number of nitrogens with zero attached hydrogens (tertiary/aromatic N) is 4. The molecular formula is C22H38N6O2S. The van der Waals surface area contributed by atoms with Crippen LogP contribution in [-0.4, -0.2) is 85.0 Å². The van der Waals surface area contributed by atoms with Crippen LogP contribution in [0.15, 0.2) is 0 Å². The van der Waals surface area contributed by atoms with E-state index in [4.69, 9.17) is 5.73 Å². The van der Waals surface area contributed by atoms with E-state index in [9.17, 15) is 9.59 Å². The number of nitrogen functional groups attached to an aromatic ring is 1. The Morgan fingerprint density at radius 1 is 1.32 bits per heavy atom. The van der Waals surface area contributed by atoms with Crippen molar-refractivity contribution in [2.75, 3.05) is 53.1 Å². The Hall–Kier alpha value is -1.71. The number of aromatic nitrogens is 1. The van der Waals surface area contributed by atoms with E-state index in [1.807, 2.05) is 21.0 Å². The molecule has 1 aliphatic carbocycles. The van der Waals surface area contributed by atoms with Gasteiger partial charge in [0.1, 0.15) is 0 Å². The molecule has 174 valence electrons. The summed E-state index contributed by atoms with van der Waals surface area (Å²) in [6.07, 6.45) is 2.60. The van der Waals surface area contributed by atoms with Gasteiger partial charge in [-0.3, -0.25) is 9.69 Å². The molecule has 3 N–H and O–H groups in total. The van der Waals surface area contributed by atoms with Crippen LogP contribution in [0.25, 0.3) is 0 Å². The smallest absolute Gasteiger partial charge is 0.324 e. The first-order chi connectivity index (χ1) is 14.5. The Bertz CT molecular complexity index is 808. The first-order valence-electron chi connectivity index (χ1n) is 11.2. The molecule has 1 aromatic heterocycles. The lowest BCUT2D eigenvalue weighted by molar-refractivity contribution is -0.135. The van der Waals surface area contributed by atoms with Gasteiger partial charge in [0.05, 0.1) is 11.6 Å². The average molecular weight is 451 g/mol. The molecule has 2 aliphatic rings. The number of piperidine rings is 1. The van der Waals surface area contributed by atoms with Crippen molar-refractivity contribution >= 4 is 28.4 Å². The lowest BCUT2D eigenvalue weighted by Crippen LogP contribution is -2.55. The Labute approximate surface area is 190 Å². The number of rotatable bonds is 6. The quantitative estimate of drug-likeness (QED) is 0.687. The van der Waals surface area contributed by atoms with E-state index in [0.29, 0.717) is 36.7 Å². The van der Waals surface area contributed by atoms with E-state index in [1.165, 1.54) is 9.78 Å². The molecule has 3 rings (SSSR count). The summed E-state index contributed by atoms with van der Waals surface area (Å²) >= 11 is 1.59. The summed E-state index contributed by atoms with van der Waals surface area (Å²) in [7, 11) is 6.13. The molecule has 31 heavy (non-hydrogen) atoms. The first kappa shape index (κ1) is 23.9. The summed E-state index contributed by atoms with van der Waals surface area (Å²) in [5.41, 5.74) is 6.94. The number of carbonyl (C=O) groups excluding carboxylic acids is 2. The third-order valence-electron chi connectivity index (χ3n) is 6.49. The molecule has 0 bridgehead atoms. The Morgan fingerprint density at radius 3 is 2.68 bits per heavy atom. The molecule has 1 aliphatic heterocycles. The van der Waals surface area contributed by atoms with Gasteiger partial charge in [0, 0.05) is 37.1 Å². The molecule has 2 heterocycles. The zero-order valence-electron chi connectivity index (χ0n) is 19.8. The monoisotopic (exact) mass is 450 g/mol. The highest BCUT2D eigenvalue weighted by Crippen LogP contribution is 2.39. The number of likely N-dealkylation sites (N-methyl/N-ethyl adjacent to an activating group) is 1. The van der Waals surface area contributed by atoms with E-state index in [-0.39, 0.29) is 23.3 Å². The molecule has 9 heteroatoms. The number of likely N-dealkylation sites (tertiary alicyclic amines) is 1. The number of thiazole rings is 1. The van der Waals surface area contributed by atoms with Crippen molar-refractivity contribution in [2.24, 2.45) is 17.3 Å². The number of fused-ring (bicyclic) bond motifs is 2. The topological polar surface area (TPSA) is 94.8 Å². The number of nitrogens with two attached hydrogens (primary N) is 1. The number of nitrogens with one attached hydrogen (secondary N) is 1. The molecule has 8 nitrogen and oxygen atoms in total. The molecule has 0 unspecified atom stereocenters. The highest BCUT2D eigenvalue weighted by Gasteiger charge is 2.42. The number of carbonyl (C=O) groups is 2. The standard InChI is InChI=1S/C22H38N6O2S/c1-7-28(21(30)24-12-22(2,3)13-26(4)5)19(29)15-8-14-9-16-18(31-20(23)25-16)10-17(14)27(6)11-15/h14-15,17H,7-13H2,1-6H3,(H2,23,25)(H,24,30)/t14-,15-,17-/m1/s1. The van der Waals surface area contributed by atoms with Crippen molar-refractivity contribution in [1.29, 1.82) is 0 Å². The molecule has 3 amide bonds. The minimum atomic E-state index is -0.290. The lowest BCUT2D eigenvalue weighted by atomic mass is 9.75. The van der Waals surface area contributed by atoms with E-state index < -0.39 is 0 Å². The van der Waals surface area contributed by atoms with Gasteiger partial charge in [-0.2, -0.15) is 0 Å². The van der Waals surface area contributed by atoms with Crippen molar-refractivity contribution in [3.8, 4) is 0 Å². The third-order valence-corrected chi connectivity index (χ3v) is 7.44. The summed E-state index contributed by atoms with van der Waals surface area (Å²) in [5.74, 6) is 0.117. The number of hydrogen-bond acceptors (Lipinski definition) is 7. The number of amides is 3. The Morgan fingerprint density at radius 2 is 2.03 bits per heavy atom. The molecule has 1 aromatic rings. The second-order valence-corrected chi connectivity index (χ2v) is 11.3. The molecular weight excluding hydrogens is 412 g/mol. The largest absolute Gasteiger partial charge is 0.375 e.